The first-order chi connectivity index (χ1) is 15.6. The number of guanidine groups is 1. The van der Waals surface area contributed by atoms with E-state index in [0.29, 0.717) is 11.4 Å². The Kier molecular flexibility index (Phi) is 6.87. The number of piperidine rings is 1. The number of hydrogen-bond acceptors (Lipinski definition) is 4. The summed E-state index contributed by atoms with van der Waals surface area (Å²) in [5.41, 5.74) is 13.8. The molecule has 7 nitrogen and oxygen atoms in total. The first kappa shape index (κ1) is 21.6. The number of aliphatic imine (C=N–C) groups is 1. The van der Waals surface area contributed by atoms with Gasteiger partial charge in [-0.25, -0.2) is 4.99 Å². The molecule has 4 N–H and O–H groups in total. The number of carbonyl (C=O) groups is 1. The van der Waals surface area contributed by atoms with Crippen molar-refractivity contribution in [3.8, 4) is 0 Å². The number of carbonyl (C=O) groups excluding carboxylic acids is 1. The molecule has 0 unspecified atom stereocenters. The average molecular weight is 432 g/mol. The van der Waals surface area contributed by atoms with E-state index in [-0.39, 0.29) is 17.9 Å². The minimum atomic E-state index is -0.153. The number of nitrogens with two attached hydrogens (primary N) is 2. The molecule has 32 heavy (non-hydrogen) atoms. The third-order valence-electron chi connectivity index (χ3n) is 5.80. The van der Waals surface area contributed by atoms with Crippen LogP contribution in [-0.4, -0.2) is 42.4 Å². The summed E-state index contributed by atoms with van der Waals surface area (Å²) in [5.74, 6) is 0.154. The van der Waals surface area contributed by atoms with Gasteiger partial charge in [0.2, 0.25) is 0 Å². The van der Waals surface area contributed by atoms with Crippen molar-refractivity contribution in [3.63, 3.8) is 0 Å². The molecule has 1 aliphatic heterocycles. The summed E-state index contributed by atoms with van der Waals surface area (Å²) in [4.78, 5) is 21.8. The van der Waals surface area contributed by atoms with Gasteiger partial charge in [0.15, 0.2) is 11.7 Å². The zero-order valence-electron chi connectivity index (χ0n) is 18.1. The Hall–Kier alpha value is -3.58. The molecule has 166 valence electrons. The van der Waals surface area contributed by atoms with Crippen molar-refractivity contribution < 1.29 is 9.21 Å². The quantitative estimate of drug-likeness (QED) is 0.440. The summed E-state index contributed by atoms with van der Waals surface area (Å²) in [6.07, 6.45) is 4.32. The molecular formula is C25H29N5O2. The van der Waals surface area contributed by atoms with Gasteiger partial charge in [0.05, 0.1) is 12.0 Å². The maximum atomic E-state index is 13.4. The van der Waals surface area contributed by atoms with Crippen LogP contribution in [0.25, 0.3) is 0 Å². The number of furan rings is 1. The van der Waals surface area contributed by atoms with Crippen LogP contribution in [0.1, 0.15) is 29.0 Å². The Bertz CT molecular complexity index is 1040. The van der Waals surface area contributed by atoms with E-state index in [1.165, 1.54) is 11.8 Å². The van der Waals surface area contributed by atoms with Crippen LogP contribution < -0.4 is 16.4 Å². The monoisotopic (exact) mass is 431 g/mol. The molecule has 0 bridgehead atoms. The zero-order chi connectivity index (χ0) is 22.3. The standard InChI is InChI=1S/C25H29N5O2/c26-25(27)28-20-8-4-9-22(18-20)30(24(31)23-10-5-17-32-23)21-12-15-29(16-13-21)14-11-19-6-2-1-3-7-19/h1-10,17-18,21H,11-16H2,(H4,26,27,28). The van der Waals surface area contributed by atoms with E-state index in [1.807, 2.05) is 35.2 Å². The molecule has 1 amide bonds. The predicted octanol–water partition coefficient (Wildman–Crippen LogP) is 3.54. The molecule has 2 aromatic carbocycles. The molecule has 0 saturated carbocycles. The molecule has 0 radical (unpaired) electrons. The van der Waals surface area contributed by atoms with Crippen molar-refractivity contribution in [2.45, 2.75) is 25.3 Å². The highest BCUT2D eigenvalue weighted by molar-refractivity contribution is 6.04. The zero-order valence-corrected chi connectivity index (χ0v) is 18.1. The van der Waals surface area contributed by atoms with Crippen molar-refractivity contribution in [2.75, 3.05) is 24.5 Å². The molecule has 3 aromatic rings. The van der Waals surface area contributed by atoms with Crippen molar-refractivity contribution in [3.05, 3.63) is 84.3 Å². The van der Waals surface area contributed by atoms with Gasteiger partial charge in [0.1, 0.15) is 0 Å². The van der Waals surface area contributed by atoms with E-state index >= 15 is 0 Å². The van der Waals surface area contributed by atoms with Gasteiger partial charge in [0.25, 0.3) is 5.91 Å². The van der Waals surface area contributed by atoms with E-state index in [4.69, 9.17) is 15.9 Å². The second-order valence-electron chi connectivity index (χ2n) is 8.02. The van der Waals surface area contributed by atoms with Crippen LogP contribution in [0.3, 0.4) is 0 Å². The number of benzene rings is 2. The molecule has 1 aromatic heterocycles. The van der Waals surface area contributed by atoms with Crippen molar-refractivity contribution in [2.24, 2.45) is 16.5 Å². The fourth-order valence-electron chi connectivity index (χ4n) is 4.21. The van der Waals surface area contributed by atoms with Crippen LogP contribution >= 0.6 is 0 Å². The average Bonchev–Trinajstić information content (AvgIpc) is 3.34. The van der Waals surface area contributed by atoms with Crippen LogP contribution in [0.4, 0.5) is 11.4 Å². The normalized spacial score (nSPS) is 14.8. The summed E-state index contributed by atoms with van der Waals surface area (Å²) < 4.78 is 5.42. The highest BCUT2D eigenvalue weighted by Crippen LogP contribution is 2.29. The number of hydrogen-bond donors (Lipinski definition) is 2. The second-order valence-corrected chi connectivity index (χ2v) is 8.02. The maximum absolute atomic E-state index is 13.4. The highest BCUT2D eigenvalue weighted by atomic mass is 16.3. The lowest BCUT2D eigenvalue weighted by molar-refractivity contribution is 0.0933. The number of likely N-dealkylation sites (tertiary alicyclic amines) is 1. The van der Waals surface area contributed by atoms with Gasteiger partial charge in [-0.3, -0.25) is 4.79 Å². The molecule has 1 aliphatic rings. The van der Waals surface area contributed by atoms with Gasteiger partial charge >= 0.3 is 0 Å². The van der Waals surface area contributed by atoms with E-state index in [0.717, 1.165) is 44.6 Å². The number of anilines is 1. The Labute approximate surface area is 188 Å². The lowest BCUT2D eigenvalue weighted by Crippen LogP contribution is -2.48. The Morgan fingerprint density at radius 1 is 1.03 bits per heavy atom. The molecule has 0 atom stereocenters. The van der Waals surface area contributed by atoms with Gasteiger partial charge in [-0.2, -0.15) is 0 Å². The van der Waals surface area contributed by atoms with Gasteiger partial charge in [-0.05, 0) is 55.2 Å². The van der Waals surface area contributed by atoms with Crippen LogP contribution in [0.5, 0.6) is 0 Å². The summed E-state index contributed by atoms with van der Waals surface area (Å²) in [7, 11) is 0. The van der Waals surface area contributed by atoms with Crippen LogP contribution in [0.2, 0.25) is 0 Å². The molecule has 7 heteroatoms. The second kappa shape index (κ2) is 10.2. The fraction of sp³-hybridized carbons (Fsp3) is 0.280. The Morgan fingerprint density at radius 3 is 2.50 bits per heavy atom. The van der Waals surface area contributed by atoms with Gasteiger partial charge in [-0.15, -0.1) is 0 Å². The largest absolute Gasteiger partial charge is 0.459 e. The third-order valence-corrected chi connectivity index (χ3v) is 5.80. The molecule has 2 heterocycles. The van der Waals surface area contributed by atoms with E-state index in [2.05, 4.69) is 34.2 Å². The van der Waals surface area contributed by atoms with Crippen LogP contribution in [0.15, 0.2) is 82.4 Å². The van der Waals surface area contributed by atoms with Crippen molar-refractivity contribution in [1.29, 1.82) is 0 Å². The first-order valence-electron chi connectivity index (χ1n) is 10.9. The SMILES string of the molecule is NC(N)=Nc1cccc(N(C(=O)c2ccco2)C2CCN(CCc3ccccc3)CC2)c1. The lowest BCUT2D eigenvalue weighted by atomic mass is 10.0. The molecule has 0 spiro atoms. The summed E-state index contributed by atoms with van der Waals surface area (Å²) in [5, 5.41) is 0. The van der Waals surface area contributed by atoms with Crippen LogP contribution in [0, 0.1) is 0 Å². The minimum absolute atomic E-state index is 0.0159. The summed E-state index contributed by atoms with van der Waals surface area (Å²) in [6.45, 7) is 2.89. The van der Waals surface area contributed by atoms with E-state index in [9.17, 15) is 4.79 Å². The fourth-order valence-corrected chi connectivity index (χ4v) is 4.21. The Balaban J connectivity index is 1.49. The predicted molar refractivity (Wildman–Crippen MR) is 127 cm³/mol. The van der Waals surface area contributed by atoms with E-state index < -0.39 is 0 Å². The number of nitrogens with zero attached hydrogens (tertiary/aromatic N) is 3. The van der Waals surface area contributed by atoms with Gasteiger partial charge in [-0.1, -0.05) is 36.4 Å². The maximum Gasteiger partial charge on any atom is 0.294 e. The topological polar surface area (TPSA) is 101 Å². The molecule has 4 rings (SSSR count). The highest BCUT2D eigenvalue weighted by Gasteiger charge is 2.31. The van der Waals surface area contributed by atoms with Crippen molar-refractivity contribution >= 4 is 23.2 Å². The number of rotatable bonds is 7. The summed E-state index contributed by atoms with van der Waals surface area (Å²) in [6, 6.07) is 21.4. The molecule has 1 saturated heterocycles. The smallest absolute Gasteiger partial charge is 0.294 e. The van der Waals surface area contributed by atoms with E-state index in [1.54, 1.807) is 12.1 Å². The summed E-state index contributed by atoms with van der Waals surface area (Å²) >= 11 is 0. The molecular weight excluding hydrogens is 402 g/mol. The van der Waals surface area contributed by atoms with Crippen molar-refractivity contribution in [1.82, 2.24) is 4.90 Å². The molecule has 1 fully saturated rings. The third kappa shape index (κ3) is 5.36. The lowest BCUT2D eigenvalue weighted by Gasteiger charge is -2.38. The molecule has 0 aliphatic carbocycles. The van der Waals surface area contributed by atoms with Gasteiger partial charge in [0, 0.05) is 31.4 Å². The number of amides is 1. The minimum Gasteiger partial charge on any atom is -0.459 e. The first-order valence-corrected chi connectivity index (χ1v) is 10.9. The van der Waals surface area contributed by atoms with Crippen LogP contribution in [-0.2, 0) is 6.42 Å². The Morgan fingerprint density at radius 2 is 1.81 bits per heavy atom. The van der Waals surface area contributed by atoms with Gasteiger partial charge < -0.3 is 25.7 Å².